The van der Waals surface area contributed by atoms with Gasteiger partial charge in [0, 0.05) is 6.04 Å². The summed E-state index contributed by atoms with van der Waals surface area (Å²) in [5, 5.41) is 8.79. The largest absolute Gasteiger partial charge is 0.495 e. The summed E-state index contributed by atoms with van der Waals surface area (Å²) in [4.78, 5) is 15.9. The zero-order valence-electron chi connectivity index (χ0n) is 12.3. The lowest BCUT2D eigenvalue weighted by Gasteiger charge is -2.11. The van der Waals surface area contributed by atoms with Gasteiger partial charge < -0.3 is 15.4 Å². The fraction of sp³-hybridized carbons (Fsp3) is 0.250. The minimum Gasteiger partial charge on any atom is -0.495 e. The van der Waals surface area contributed by atoms with Crippen LogP contribution in [-0.2, 0) is 0 Å². The summed E-state index contributed by atoms with van der Waals surface area (Å²) in [7, 11) is 1.63. The number of para-hydroxylation sites is 2. The SMILES string of the molecule is COc1ccccc1Nc1ccc(NC(=O)NC2CC2)nc1. The van der Waals surface area contributed by atoms with Crippen molar-refractivity contribution in [3.63, 3.8) is 0 Å². The van der Waals surface area contributed by atoms with Crippen molar-refractivity contribution in [2.45, 2.75) is 18.9 Å². The van der Waals surface area contributed by atoms with Crippen molar-refractivity contribution in [2.75, 3.05) is 17.7 Å². The first-order valence-corrected chi connectivity index (χ1v) is 7.18. The number of anilines is 3. The first-order chi connectivity index (χ1) is 10.7. The monoisotopic (exact) mass is 298 g/mol. The van der Waals surface area contributed by atoms with Gasteiger partial charge in [-0.15, -0.1) is 0 Å². The maximum absolute atomic E-state index is 11.6. The highest BCUT2D eigenvalue weighted by Gasteiger charge is 2.23. The van der Waals surface area contributed by atoms with Crippen LogP contribution in [0.25, 0.3) is 0 Å². The molecule has 0 saturated heterocycles. The van der Waals surface area contributed by atoms with Crippen LogP contribution in [0, 0.1) is 0 Å². The molecule has 0 aliphatic heterocycles. The molecule has 6 heteroatoms. The van der Waals surface area contributed by atoms with Gasteiger partial charge in [0.05, 0.1) is 24.7 Å². The minimum atomic E-state index is -0.208. The highest BCUT2D eigenvalue weighted by atomic mass is 16.5. The van der Waals surface area contributed by atoms with E-state index in [1.165, 1.54) is 0 Å². The van der Waals surface area contributed by atoms with Crippen LogP contribution in [0.3, 0.4) is 0 Å². The number of benzene rings is 1. The molecular weight excluding hydrogens is 280 g/mol. The van der Waals surface area contributed by atoms with Gasteiger partial charge >= 0.3 is 6.03 Å². The molecule has 1 fully saturated rings. The van der Waals surface area contributed by atoms with Crippen molar-refractivity contribution in [1.82, 2.24) is 10.3 Å². The topological polar surface area (TPSA) is 75.3 Å². The van der Waals surface area contributed by atoms with Crippen molar-refractivity contribution in [1.29, 1.82) is 0 Å². The second kappa shape index (κ2) is 6.34. The lowest BCUT2D eigenvalue weighted by molar-refractivity contribution is 0.251. The molecule has 0 radical (unpaired) electrons. The summed E-state index contributed by atoms with van der Waals surface area (Å²) in [6, 6.07) is 11.4. The highest BCUT2D eigenvalue weighted by molar-refractivity contribution is 5.88. The van der Waals surface area contributed by atoms with Crippen LogP contribution in [0.2, 0.25) is 0 Å². The average Bonchev–Trinajstić information content (AvgIpc) is 3.33. The van der Waals surface area contributed by atoms with Crippen LogP contribution in [0.5, 0.6) is 5.75 Å². The quantitative estimate of drug-likeness (QED) is 0.793. The van der Waals surface area contributed by atoms with E-state index in [0.717, 1.165) is 30.0 Å². The van der Waals surface area contributed by atoms with Gasteiger partial charge in [-0.05, 0) is 37.1 Å². The standard InChI is InChI=1S/C16H18N4O2/c1-22-14-5-3-2-4-13(14)18-12-8-9-15(17-10-12)20-16(21)19-11-6-7-11/h2-5,8-11,18H,6-7H2,1H3,(H2,17,19,20,21). The van der Waals surface area contributed by atoms with Crippen molar-refractivity contribution in [2.24, 2.45) is 0 Å². The Morgan fingerprint density at radius 1 is 1.23 bits per heavy atom. The smallest absolute Gasteiger partial charge is 0.320 e. The Balaban J connectivity index is 1.62. The van der Waals surface area contributed by atoms with Gasteiger partial charge in [0.15, 0.2) is 0 Å². The lowest BCUT2D eigenvalue weighted by Crippen LogP contribution is -2.30. The van der Waals surface area contributed by atoms with Crippen LogP contribution in [-0.4, -0.2) is 24.2 Å². The summed E-state index contributed by atoms with van der Waals surface area (Å²) in [5.41, 5.74) is 1.68. The molecule has 1 saturated carbocycles. The third kappa shape index (κ3) is 3.66. The number of amides is 2. The normalized spacial score (nSPS) is 13.3. The number of nitrogens with zero attached hydrogens (tertiary/aromatic N) is 1. The predicted molar refractivity (Wildman–Crippen MR) is 85.7 cm³/mol. The molecule has 1 heterocycles. The van der Waals surface area contributed by atoms with E-state index >= 15 is 0 Å². The fourth-order valence-corrected chi connectivity index (χ4v) is 2.01. The van der Waals surface area contributed by atoms with Gasteiger partial charge in [0.2, 0.25) is 0 Å². The zero-order chi connectivity index (χ0) is 15.4. The molecule has 22 heavy (non-hydrogen) atoms. The fourth-order valence-electron chi connectivity index (χ4n) is 2.01. The summed E-state index contributed by atoms with van der Waals surface area (Å²) in [6.07, 6.45) is 3.78. The summed E-state index contributed by atoms with van der Waals surface area (Å²) in [5.74, 6) is 1.28. The molecular formula is C16H18N4O2. The van der Waals surface area contributed by atoms with Gasteiger partial charge in [-0.1, -0.05) is 12.1 Å². The Labute approximate surface area is 128 Å². The number of hydrogen-bond acceptors (Lipinski definition) is 4. The number of ether oxygens (including phenoxy) is 1. The maximum Gasteiger partial charge on any atom is 0.320 e. The lowest BCUT2D eigenvalue weighted by atomic mass is 10.3. The zero-order valence-corrected chi connectivity index (χ0v) is 12.3. The van der Waals surface area contributed by atoms with Gasteiger partial charge in [-0.25, -0.2) is 9.78 Å². The number of urea groups is 1. The van der Waals surface area contributed by atoms with Crippen LogP contribution < -0.4 is 20.7 Å². The van der Waals surface area contributed by atoms with Gasteiger partial charge in [-0.2, -0.15) is 0 Å². The number of rotatable bonds is 5. The summed E-state index contributed by atoms with van der Waals surface area (Å²) in [6.45, 7) is 0. The second-order valence-corrected chi connectivity index (χ2v) is 5.13. The second-order valence-electron chi connectivity index (χ2n) is 5.13. The van der Waals surface area contributed by atoms with Crippen molar-refractivity contribution in [3.05, 3.63) is 42.6 Å². The van der Waals surface area contributed by atoms with Crippen LogP contribution in [0.1, 0.15) is 12.8 Å². The van der Waals surface area contributed by atoms with E-state index in [9.17, 15) is 4.79 Å². The van der Waals surface area contributed by atoms with E-state index in [1.807, 2.05) is 30.3 Å². The molecule has 114 valence electrons. The third-order valence-electron chi connectivity index (χ3n) is 3.30. The average molecular weight is 298 g/mol. The van der Waals surface area contributed by atoms with Crippen LogP contribution in [0.15, 0.2) is 42.6 Å². The number of hydrogen-bond donors (Lipinski definition) is 3. The minimum absolute atomic E-state index is 0.208. The molecule has 0 unspecified atom stereocenters. The third-order valence-corrected chi connectivity index (χ3v) is 3.30. The molecule has 2 amide bonds. The van der Waals surface area contributed by atoms with E-state index in [-0.39, 0.29) is 6.03 Å². The maximum atomic E-state index is 11.6. The molecule has 0 bridgehead atoms. The summed E-state index contributed by atoms with van der Waals surface area (Å²) >= 11 is 0. The number of carbonyl (C=O) groups is 1. The van der Waals surface area contributed by atoms with E-state index in [0.29, 0.717) is 11.9 Å². The highest BCUT2D eigenvalue weighted by Crippen LogP contribution is 2.26. The Hall–Kier alpha value is -2.76. The molecule has 0 spiro atoms. The Morgan fingerprint density at radius 2 is 2.05 bits per heavy atom. The van der Waals surface area contributed by atoms with Gasteiger partial charge in [-0.3, -0.25) is 5.32 Å². The van der Waals surface area contributed by atoms with Crippen LogP contribution >= 0.6 is 0 Å². The molecule has 3 rings (SSSR count). The molecule has 0 atom stereocenters. The van der Waals surface area contributed by atoms with Crippen molar-refractivity contribution >= 4 is 23.2 Å². The van der Waals surface area contributed by atoms with Gasteiger partial charge in [0.1, 0.15) is 11.6 Å². The van der Waals surface area contributed by atoms with E-state index in [2.05, 4.69) is 20.9 Å². The van der Waals surface area contributed by atoms with Crippen molar-refractivity contribution in [3.8, 4) is 5.75 Å². The molecule has 6 nitrogen and oxygen atoms in total. The Kier molecular flexibility index (Phi) is 4.09. The van der Waals surface area contributed by atoms with Gasteiger partial charge in [0.25, 0.3) is 0 Å². The number of nitrogens with one attached hydrogen (secondary N) is 3. The van der Waals surface area contributed by atoms with E-state index in [4.69, 9.17) is 4.74 Å². The number of methoxy groups -OCH3 is 1. The number of carbonyl (C=O) groups excluding carboxylic acids is 1. The Morgan fingerprint density at radius 3 is 2.73 bits per heavy atom. The van der Waals surface area contributed by atoms with E-state index in [1.54, 1.807) is 19.4 Å². The molecule has 1 aliphatic carbocycles. The molecule has 1 aromatic heterocycles. The molecule has 3 N–H and O–H groups in total. The number of pyridine rings is 1. The van der Waals surface area contributed by atoms with Crippen molar-refractivity contribution < 1.29 is 9.53 Å². The first kappa shape index (κ1) is 14.2. The van der Waals surface area contributed by atoms with E-state index < -0.39 is 0 Å². The Bertz CT molecular complexity index is 653. The molecule has 2 aromatic rings. The number of aromatic nitrogens is 1. The predicted octanol–water partition coefficient (Wildman–Crippen LogP) is 3.12. The molecule has 1 aromatic carbocycles. The molecule has 1 aliphatic rings. The first-order valence-electron chi connectivity index (χ1n) is 7.18. The van der Waals surface area contributed by atoms with Crippen LogP contribution in [0.4, 0.5) is 22.0 Å². The summed E-state index contributed by atoms with van der Waals surface area (Å²) < 4.78 is 5.29.